The molecule has 2 amide bonds. The lowest BCUT2D eigenvalue weighted by Gasteiger charge is -2.49. The molecule has 23 heteroatoms. The molecule has 4 rings (SSSR count). The van der Waals surface area contributed by atoms with Gasteiger partial charge in [0.1, 0.15) is 97.5 Å². The molecule has 1 unspecified atom stereocenters. The molecule has 4 heterocycles. The lowest BCUT2D eigenvalue weighted by Crippen LogP contribution is -2.69. The highest BCUT2D eigenvalue weighted by Gasteiger charge is 2.55. The molecule has 51 heavy (non-hydrogen) atoms. The monoisotopic (exact) mass is 748 g/mol. The molecule has 0 aromatic carbocycles. The fraction of sp³-hybridized carbons (Fsp3) is 0.929. The summed E-state index contributed by atoms with van der Waals surface area (Å²) >= 11 is 0. The van der Waals surface area contributed by atoms with Crippen molar-refractivity contribution in [1.82, 2.24) is 10.6 Å². The van der Waals surface area contributed by atoms with Gasteiger partial charge in [0.05, 0.1) is 26.4 Å². The number of ether oxygens (including phenoxy) is 7. The van der Waals surface area contributed by atoms with Gasteiger partial charge < -0.3 is 105 Å². The van der Waals surface area contributed by atoms with Crippen LogP contribution in [0.25, 0.3) is 0 Å². The second-order valence-corrected chi connectivity index (χ2v) is 12.7. The summed E-state index contributed by atoms with van der Waals surface area (Å²) in [5.41, 5.74) is 0. The summed E-state index contributed by atoms with van der Waals surface area (Å²) in [5.74, 6) is -1.41. The van der Waals surface area contributed by atoms with Crippen molar-refractivity contribution >= 4 is 11.8 Å². The summed E-state index contributed by atoms with van der Waals surface area (Å²) in [5, 5.41) is 129. The highest BCUT2D eigenvalue weighted by Crippen LogP contribution is 2.33. The first-order valence-corrected chi connectivity index (χ1v) is 16.1. The predicted octanol–water partition coefficient (Wildman–Crippen LogP) is -9.46. The second kappa shape index (κ2) is 18.0. The number of hydrogen-bond donors (Lipinski definition) is 14. The molecule has 20 atom stereocenters. The Morgan fingerprint density at radius 1 is 0.510 bits per heavy atom. The number of nitrogens with one attached hydrogen (secondary N) is 2. The maximum Gasteiger partial charge on any atom is 0.217 e. The molecular formula is C28H48N2O21. The van der Waals surface area contributed by atoms with Gasteiger partial charge in [-0.15, -0.1) is 0 Å². The van der Waals surface area contributed by atoms with E-state index in [1.807, 2.05) is 0 Å². The van der Waals surface area contributed by atoms with Crippen LogP contribution in [0.1, 0.15) is 13.8 Å². The van der Waals surface area contributed by atoms with Gasteiger partial charge >= 0.3 is 0 Å². The molecule has 4 saturated heterocycles. The van der Waals surface area contributed by atoms with E-state index in [9.17, 15) is 70.9 Å². The van der Waals surface area contributed by atoms with Crippen molar-refractivity contribution in [2.75, 3.05) is 26.4 Å². The molecule has 4 aliphatic rings. The van der Waals surface area contributed by atoms with E-state index in [2.05, 4.69) is 10.6 Å². The summed E-state index contributed by atoms with van der Waals surface area (Å²) in [6.45, 7) is -0.987. The highest BCUT2D eigenvalue weighted by molar-refractivity contribution is 5.73. The lowest BCUT2D eigenvalue weighted by molar-refractivity contribution is -0.365. The van der Waals surface area contributed by atoms with Gasteiger partial charge in [-0.3, -0.25) is 9.59 Å². The Kier molecular flexibility index (Phi) is 14.8. The van der Waals surface area contributed by atoms with Crippen molar-refractivity contribution < 1.29 is 104 Å². The van der Waals surface area contributed by atoms with E-state index < -0.39 is 161 Å². The third-order valence-corrected chi connectivity index (χ3v) is 8.99. The molecule has 14 N–H and O–H groups in total. The Balaban J connectivity index is 1.55. The van der Waals surface area contributed by atoms with Crippen LogP contribution in [0.4, 0.5) is 0 Å². The molecule has 0 aliphatic carbocycles. The first-order valence-electron chi connectivity index (χ1n) is 16.1. The van der Waals surface area contributed by atoms with Gasteiger partial charge in [0.2, 0.25) is 11.8 Å². The largest absolute Gasteiger partial charge is 0.394 e. The molecule has 23 nitrogen and oxygen atoms in total. The SMILES string of the molecule is CC(=O)N[C@H]1[C@H](OC[C@H]2OC(O)[C@H](O)[C@@H](O[C@@H]3O[C@H](CO)[C@@H](O)[C@H](O[C@@H]4O[C@H](CO)[C@H](O)[C@H](O)[C@H]4O)[C@H]3NC(C)=O)[C@H]2O)O[C@H](CO)[C@@H](O)[C@@H]1O. The standard InChI is InChI=1S/C28H48N2O21/c1-7(34)29-13-19(40)15(36)9(3-31)47-26(13)45-6-12-18(39)24(22(43)25(44)46-12)51-27-14(30-8(2)35)23(17(38)11(5-33)48-27)50-28-21(42)20(41)16(37)10(4-32)49-28/h9-28,31-33,36-44H,3-6H2,1-2H3,(H,29,34)(H,30,35)/t9-,10-,11-,12-,13-,14-,15-,16+,17-,18+,19-,20+,21-,22-,23-,24+,25?,26-,27+,28+/m1/s1. The molecule has 296 valence electrons. The van der Waals surface area contributed by atoms with Gasteiger partial charge in [-0.25, -0.2) is 0 Å². The van der Waals surface area contributed by atoms with Crippen LogP contribution in [0.5, 0.6) is 0 Å². The van der Waals surface area contributed by atoms with Gasteiger partial charge in [-0.2, -0.15) is 0 Å². The number of amides is 2. The number of aliphatic hydroxyl groups is 12. The van der Waals surface area contributed by atoms with Gasteiger partial charge in [0.15, 0.2) is 25.2 Å². The molecule has 0 bridgehead atoms. The number of rotatable bonds is 12. The quantitative estimate of drug-likeness (QED) is 0.0881. The maximum absolute atomic E-state index is 12.3. The van der Waals surface area contributed by atoms with Crippen LogP contribution in [0, 0.1) is 0 Å². The van der Waals surface area contributed by atoms with Gasteiger partial charge in [0.25, 0.3) is 0 Å². The van der Waals surface area contributed by atoms with E-state index in [1.54, 1.807) is 0 Å². The van der Waals surface area contributed by atoms with Gasteiger partial charge in [-0.1, -0.05) is 0 Å². The Morgan fingerprint density at radius 3 is 1.55 bits per heavy atom. The van der Waals surface area contributed by atoms with Crippen LogP contribution in [0.15, 0.2) is 0 Å². The van der Waals surface area contributed by atoms with E-state index in [4.69, 9.17) is 33.2 Å². The van der Waals surface area contributed by atoms with Crippen molar-refractivity contribution in [3.8, 4) is 0 Å². The van der Waals surface area contributed by atoms with E-state index in [0.717, 1.165) is 13.8 Å². The van der Waals surface area contributed by atoms with Crippen LogP contribution in [0.3, 0.4) is 0 Å². The van der Waals surface area contributed by atoms with E-state index in [0.29, 0.717) is 0 Å². The van der Waals surface area contributed by atoms with Crippen molar-refractivity contribution in [1.29, 1.82) is 0 Å². The first kappa shape index (κ1) is 41.9. The summed E-state index contributed by atoms with van der Waals surface area (Å²) < 4.78 is 39.0. The molecule has 0 spiro atoms. The Hall–Kier alpha value is -1.82. The Labute approximate surface area is 289 Å². The zero-order valence-corrected chi connectivity index (χ0v) is 27.4. The number of aliphatic hydroxyl groups excluding tert-OH is 12. The van der Waals surface area contributed by atoms with Gasteiger partial charge in [-0.05, 0) is 0 Å². The zero-order valence-electron chi connectivity index (χ0n) is 27.4. The molecule has 0 saturated carbocycles. The first-order chi connectivity index (χ1) is 24.0. The molecule has 0 radical (unpaired) electrons. The molecular weight excluding hydrogens is 700 g/mol. The minimum Gasteiger partial charge on any atom is -0.394 e. The van der Waals surface area contributed by atoms with Crippen molar-refractivity contribution in [2.45, 2.75) is 137 Å². The van der Waals surface area contributed by atoms with Crippen LogP contribution < -0.4 is 10.6 Å². The molecule has 0 aromatic heterocycles. The number of hydrogen-bond acceptors (Lipinski definition) is 21. The topological polar surface area (TPSA) is 366 Å². The summed E-state index contributed by atoms with van der Waals surface area (Å²) in [6, 6.07) is -2.97. The highest BCUT2D eigenvalue weighted by atomic mass is 16.7. The fourth-order valence-electron chi connectivity index (χ4n) is 6.24. The smallest absolute Gasteiger partial charge is 0.217 e. The van der Waals surface area contributed by atoms with E-state index in [1.165, 1.54) is 0 Å². The third kappa shape index (κ3) is 9.29. The molecule has 4 aliphatic heterocycles. The van der Waals surface area contributed by atoms with Crippen molar-refractivity contribution in [3.05, 3.63) is 0 Å². The minimum absolute atomic E-state index is 0.645. The molecule has 0 aromatic rings. The average molecular weight is 749 g/mol. The van der Waals surface area contributed by atoms with Crippen molar-refractivity contribution in [3.63, 3.8) is 0 Å². The van der Waals surface area contributed by atoms with E-state index >= 15 is 0 Å². The summed E-state index contributed by atoms with van der Waals surface area (Å²) in [7, 11) is 0. The number of carbonyl (C=O) groups excluding carboxylic acids is 2. The Bertz CT molecular complexity index is 1140. The van der Waals surface area contributed by atoms with Gasteiger partial charge in [0, 0.05) is 13.8 Å². The lowest BCUT2D eigenvalue weighted by atomic mass is 9.94. The Morgan fingerprint density at radius 2 is 0.980 bits per heavy atom. The zero-order chi connectivity index (χ0) is 37.9. The van der Waals surface area contributed by atoms with Crippen LogP contribution in [0.2, 0.25) is 0 Å². The average Bonchev–Trinajstić information content (AvgIpc) is 3.08. The minimum atomic E-state index is -2.06. The maximum atomic E-state index is 12.3. The third-order valence-electron chi connectivity index (χ3n) is 8.99. The van der Waals surface area contributed by atoms with Crippen LogP contribution >= 0.6 is 0 Å². The normalized spacial score (nSPS) is 47.8. The summed E-state index contributed by atoms with van der Waals surface area (Å²) in [4.78, 5) is 24.1. The van der Waals surface area contributed by atoms with Crippen LogP contribution in [-0.4, -0.2) is 222 Å². The van der Waals surface area contributed by atoms with Crippen molar-refractivity contribution in [2.24, 2.45) is 0 Å². The van der Waals surface area contributed by atoms with E-state index in [-0.39, 0.29) is 0 Å². The fourth-order valence-corrected chi connectivity index (χ4v) is 6.24. The predicted molar refractivity (Wildman–Crippen MR) is 157 cm³/mol. The number of carbonyl (C=O) groups is 2. The second-order valence-electron chi connectivity index (χ2n) is 12.7. The van der Waals surface area contributed by atoms with Crippen LogP contribution in [-0.2, 0) is 42.7 Å². The summed E-state index contributed by atoms with van der Waals surface area (Å²) in [6.07, 6.45) is -31.3. The molecule has 4 fully saturated rings.